The van der Waals surface area contributed by atoms with Crippen molar-refractivity contribution in [2.24, 2.45) is 7.05 Å². The van der Waals surface area contributed by atoms with Crippen molar-refractivity contribution in [3.8, 4) is 0 Å². The summed E-state index contributed by atoms with van der Waals surface area (Å²) >= 11 is 0. The van der Waals surface area contributed by atoms with Gasteiger partial charge in [0, 0.05) is 19.8 Å². The Morgan fingerprint density at radius 2 is 2.24 bits per heavy atom. The van der Waals surface area contributed by atoms with Crippen LogP contribution in [-0.4, -0.2) is 30.4 Å². The Kier molecular flexibility index (Phi) is 3.09. The number of benzene rings is 1. The van der Waals surface area contributed by atoms with Crippen molar-refractivity contribution in [2.75, 3.05) is 0 Å². The van der Waals surface area contributed by atoms with Crippen LogP contribution in [0.2, 0.25) is 0 Å². The van der Waals surface area contributed by atoms with Gasteiger partial charge in [0.15, 0.2) is 0 Å². The summed E-state index contributed by atoms with van der Waals surface area (Å²) in [5.74, 6) is -1.05. The predicted molar refractivity (Wildman–Crippen MR) is 76.4 cm³/mol. The number of aromatic amines is 1. The van der Waals surface area contributed by atoms with Crippen molar-refractivity contribution in [1.29, 1.82) is 0 Å². The molecule has 3 rings (SSSR count). The number of imidazole rings is 1. The first-order chi connectivity index (χ1) is 10.1. The molecule has 1 aromatic carbocycles. The van der Waals surface area contributed by atoms with Crippen molar-refractivity contribution >= 4 is 17.0 Å². The molecule has 21 heavy (non-hydrogen) atoms. The van der Waals surface area contributed by atoms with E-state index < -0.39 is 5.97 Å². The molecule has 0 aliphatic rings. The number of aromatic nitrogens is 4. The van der Waals surface area contributed by atoms with Gasteiger partial charge in [-0.3, -0.25) is 9.25 Å². The van der Waals surface area contributed by atoms with E-state index in [1.165, 1.54) is 6.07 Å². The molecule has 0 atom stereocenters. The highest BCUT2D eigenvalue weighted by atomic mass is 16.4. The Balaban J connectivity index is 1.99. The molecule has 3 aromatic rings. The second kappa shape index (κ2) is 4.93. The number of fused-ring (bicyclic) bond motifs is 1. The van der Waals surface area contributed by atoms with Crippen molar-refractivity contribution in [1.82, 2.24) is 19.3 Å². The second-order valence-corrected chi connectivity index (χ2v) is 4.86. The van der Waals surface area contributed by atoms with Crippen LogP contribution >= 0.6 is 0 Å². The standard InChI is InChI=1S/C14H14N4O3/c1-17-8-9(7-15-17)5-6-18-11-4-2-3-10(13(19)20)12(11)16-14(18)21/h2-4,7-8H,5-6H2,1H3,(H,16,21)(H,19,20). The highest BCUT2D eigenvalue weighted by molar-refractivity contribution is 6.00. The van der Waals surface area contributed by atoms with Crippen molar-refractivity contribution in [2.45, 2.75) is 13.0 Å². The van der Waals surface area contributed by atoms with Crippen LogP contribution in [0.25, 0.3) is 11.0 Å². The number of hydrogen-bond donors (Lipinski definition) is 2. The van der Waals surface area contributed by atoms with Gasteiger partial charge in [0.1, 0.15) is 0 Å². The van der Waals surface area contributed by atoms with E-state index in [9.17, 15) is 9.59 Å². The van der Waals surface area contributed by atoms with Crippen LogP contribution in [0.3, 0.4) is 0 Å². The fraction of sp³-hybridized carbons (Fsp3) is 0.214. The van der Waals surface area contributed by atoms with E-state index in [4.69, 9.17) is 5.11 Å². The molecule has 0 aliphatic carbocycles. The van der Waals surface area contributed by atoms with E-state index in [1.54, 1.807) is 27.6 Å². The third-order valence-electron chi connectivity index (χ3n) is 3.42. The zero-order valence-corrected chi connectivity index (χ0v) is 11.4. The number of rotatable bonds is 4. The van der Waals surface area contributed by atoms with E-state index >= 15 is 0 Å². The molecule has 0 aliphatic heterocycles. The van der Waals surface area contributed by atoms with Crippen LogP contribution in [0.5, 0.6) is 0 Å². The van der Waals surface area contributed by atoms with Gasteiger partial charge < -0.3 is 10.1 Å². The van der Waals surface area contributed by atoms with Gasteiger partial charge in [-0.1, -0.05) is 6.07 Å². The van der Waals surface area contributed by atoms with Gasteiger partial charge in [0.25, 0.3) is 0 Å². The Morgan fingerprint density at radius 3 is 2.90 bits per heavy atom. The molecule has 0 unspecified atom stereocenters. The van der Waals surface area contributed by atoms with Crippen LogP contribution in [0.15, 0.2) is 35.4 Å². The monoisotopic (exact) mass is 286 g/mol. The summed E-state index contributed by atoms with van der Waals surface area (Å²) in [6.45, 7) is 0.466. The first kappa shape index (κ1) is 13.2. The van der Waals surface area contributed by atoms with Crippen LogP contribution < -0.4 is 5.69 Å². The largest absolute Gasteiger partial charge is 0.478 e. The van der Waals surface area contributed by atoms with Gasteiger partial charge in [-0.2, -0.15) is 5.10 Å². The molecule has 0 amide bonds. The quantitative estimate of drug-likeness (QED) is 0.748. The average molecular weight is 286 g/mol. The summed E-state index contributed by atoms with van der Waals surface area (Å²) in [4.78, 5) is 25.8. The number of nitrogens with zero attached hydrogens (tertiary/aromatic N) is 3. The maximum Gasteiger partial charge on any atom is 0.337 e. The van der Waals surface area contributed by atoms with Crippen LogP contribution in [0.1, 0.15) is 15.9 Å². The zero-order valence-electron chi connectivity index (χ0n) is 11.4. The van der Waals surface area contributed by atoms with E-state index in [1.807, 2.05) is 13.2 Å². The number of para-hydroxylation sites is 1. The van der Waals surface area contributed by atoms with Crippen LogP contribution in [0, 0.1) is 0 Å². The minimum Gasteiger partial charge on any atom is -0.478 e. The summed E-state index contributed by atoms with van der Waals surface area (Å²) in [6, 6.07) is 4.86. The summed E-state index contributed by atoms with van der Waals surface area (Å²) in [6.07, 6.45) is 4.29. The normalized spacial score (nSPS) is 11.1. The molecular formula is C14H14N4O3. The molecule has 0 saturated heterocycles. The Morgan fingerprint density at radius 1 is 1.43 bits per heavy atom. The number of carbonyl (C=O) groups is 1. The lowest BCUT2D eigenvalue weighted by Crippen LogP contribution is -2.17. The van der Waals surface area contributed by atoms with Crippen LogP contribution in [0.4, 0.5) is 0 Å². The number of H-pyrrole nitrogens is 1. The fourth-order valence-corrected chi connectivity index (χ4v) is 2.42. The molecule has 0 bridgehead atoms. The Bertz CT molecular complexity index is 872. The molecule has 7 nitrogen and oxygen atoms in total. The number of nitrogens with one attached hydrogen (secondary N) is 1. The molecule has 2 aromatic heterocycles. The topological polar surface area (TPSA) is 92.9 Å². The van der Waals surface area contributed by atoms with Gasteiger partial charge >= 0.3 is 11.7 Å². The summed E-state index contributed by atoms with van der Waals surface area (Å²) in [5, 5.41) is 13.2. The van der Waals surface area contributed by atoms with E-state index in [-0.39, 0.29) is 11.3 Å². The van der Waals surface area contributed by atoms with Crippen molar-refractivity contribution < 1.29 is 9.90 Å². The zero-order chi connectivity index (χ0) is 15.0. The minimum absolute atomic E-state index is 0.102. The molecule has 0 radical (unpaired) electrons. The van der Waals surface area contributed by atoms with Crippen molar-refractivity contribution in [3.63, 3.8) is 0 Å². The lowest BCUT2D eigenvalue weighted by Gasteiger charge is -2.02. The number of aryl methyl sites for hydroxylation is 3. The molecule has 0 spiro atoms. The summed E-state index contributed by atoms with van der Waals surface area (Å²) in [5.41, 5.74) is 1.78. The predicted octanol–water partition coefficient (Wildman–Crippen LogP) is 1.00. The number of carboxylic acids is 1. The van der Waals surface area contributed by atoms with Gasteiger partial charge in [0.05, 0.1) is 22.8 Å². The SMILES string of the molecule is Cn1cc(CCn2c(=O)[nH]c3c(C(=O)O)cccc32)cn1. The Labute approximate surface area is 119 Å². The molecule has 0 saturated carbocycles. The summed E-state index contributed by atoms with van der Waals surface area (Å²) in [7, 11) is 1.83. The third kappa shape index (κ3) is 2.33. The highest BCUT2D eigenvalue weighted by Gasteiger charge is 2.14. The molecule has 2 N–H and O–H groups in total. The highest BCUT2D eigenvalue weighted by Crippen LogP contribution is 2.16. The first-order valence-corrected chi connectivity index (χ1v) is 6.48. The second-order valence-electron chi connectivity index (χ2n) is 4.86. The molecule has 2 heterocycles. The lowest BCUT2D eigenvalue weighted by atomic mass is 10.2. The molecule has 0 fully saturated rings. The molecule has 7 heteroatoms. The van der Waals surface area contributed by atoms with Gasteiger partial charge in [0.2, 0.25) is 0 Å². The number of carboxylic acid groups (broad SMARTS) is 1. The number of hydrogen-bond acceptors (Lipinski definition) is 3. The van der Waals surface area contributed by atoms with E-state index in [0.717, 1.165) is 5.56 Å². The fourth-order valence-electron chi connectivity index (χ4n) is 2.42. The minimum atomic E-state index is -1.05. The smallest absolute Gasteiger partial charge is 0.337 e. The third-order valence-corrected chi connectivity index (χ3v) is 3.42. The maximum atomic E-state index is 12.0. The van der Waals surface area contributed by atoms with E-state index in [2.05, 4.69) is 10.1 Å². The molecular weight excluding hydrogens is 272 g/mol. The number of aromatic carboxylic acids is 1. The maximum absolute atomic E-state index is 12.0. The average Bonchev–Trinajstić information content (AvgIpc) is 2.98. The van der Waals surface area contributed by atoms with Gasteiger partial charge in [-0.05, 0) is 24.1 Å². The Hall–Kier alpha value is -2.83. The van der Waals surface area contributed by atoms with Crippen LogP contribution in [-0.2, 0) is 20.0 Å². The first-order valence-electron chi connectivity index (χ1n) is 6.48. The summed E-state index contributed by atoms with van der Waals surface area (Å²) < 4.78 is 3.25. The van der Waals surface area contributed by atoms with Gasteiger partial charge in [-0.15, -0.1) is 0 Å². The van der Waals surface area contributed by atoms with E-state index in [0.29, 0.717) is 24.0 Å². The lowest BCUT2D eigenvalue weighted by molar-refractivity contribution is 0.0699. The van der Waals surface area contributed by atoms with Crippen molar-refractivity contribution in [3.05, 3.63) is 52.2 Å². The van der Waals surface area contributed by atoms with Gasteiger partial charge in [-0.25, -0.2) is 9.59 Å². The molecule has 108 valence electrons.